The van der Waals surface area contributed by atoms with Gasteiger partial charge in [0.05, 0.1) is 5.97 Å². The van der Waals surface area contributed by atoms with Crippen LogP contribution in [0.3, 0.4) is 0 Å². The van der Waals surface area contributed by atoms with Crippen molar-refractivity contribution >= 4 is 23.7 Å². The Hall–Kier alpha value is -1.79. The zero-order valence-electron chi connectivity index (χ0n) is 11.9. The van der Waals surface area contributed by atoms with E-state index in [2.05, 4.69) is 5.32 Å². The van der Waals surface area contributed by atoms with Crippen molar-refractivity contribution in [3.8, 4) is 0 Å². The summed E-state index contributed by atoms with van der Waals surface area (Å²) >= 11 is 5.72. The van der Waals surface area contributed by atoms with Crippen LogP contribution in [0.2, 0.25) is 5.02 Å². The van der Waals surface area contributed by atoms with E-state index in [1.165, 1.54) is 24.3 Å². The van der Waals surface area contributed by atoms with Gasteiger partial charge in [0, 0.05) is 5.02 Å². The Morgan fingerprint density at radius 2 is 1.81 bits per heavy atom. The average Bonchev–Trinajstić information content (AvgIpc) is 2.33. The maximum atomic E-state index is 11.6. The van der Waals surface area contributed by atoms with E-state index >= 15 is 0 Å². The van der Waals surface area contributed by atoms with Crippen LogP contribution in [-0.2, 0) is 9.53 Å². The van der Waals surface area contributed by atoms with Crippen LogP contribution in [0.25, 0.3) is 0 Å². The largest absolute Gasteiger partial charge is 0.548 e. The Balaban J connectivity index is 2.84. The Morgan fingerprint density at radius 3 is 2.24 bits per heavy atom. The van der Waals surface area contributed by atoms with E-state index in [1.807, 2.05) is 0 Å². The summed E-state index contributed by atoms with van der Waals surface area (Å²) in [5.41, 5.74) is -0.504. The number of halogens is 1. The molecule has 0 radical (unpaired) electrons. The van der Waals surface area contributed by atoms with Crippen LogP contribution >= 0.6 is 11.6 Å². The van der Waals surface area contributed by atoms with Crippen LogP contribution in [0.15, 0.2) is 24.3 Å². The lowest BCUT2D eigenvalue weighted by atomic mass is 10.0. The van der Waals surface area contributed by atoms with E-state index in [1.54, 1.807) is 20.8 Å². The minimum Gasteiger partial charge on any atom is -0.548 e. The Kier molecular flexibility index (Phi) is 5.57. The van der Waals surface area contributed by atoms with Crippen LogP contribution < -0.4 is 10.4 Å². The predicted molar refractivity (Wildman–Crippen MR) is 74.6 cm³/mol. The first-order valence-corrected chi connectivity index (χ1v) is 6.62. The molecule has 0 bridgehead atoms. The van der Waals surface area contributed by atoms with Gasteiger partial charge in [-0.25, -0.2) is 4.79 Å². The molecule has 0 unspecified atom stereocenters. The lowest BCUT2D eigenvalue weighted by Crippen LogP contribution is -2.52. The number of benzene rings is 1. The molecular weight excluding hydrogens is 298 g/mol. The van der Waals surface area contributed by atoms with E-state index in [0.29, 0.717) is 5.02 Å². The molecule has 2 N–H and O–H groups in total. The van der Waals surface area contributed by atoms with Crippen molar-refractivity contribution in [3.05, 3.63) is 34.9 Å². The normalized spacial score (nSPS) is 14.1. The molecule has 2 atom stereocenters. The zero-order chi connectivity index (χ0) is 16.2. The maximum absolute atomic E-state index is 11.6. The molecule has 116 valence electrons. The second kappa shape index (κ2) is 6.78. The second-order valence-electron chi connectivity index (χ2n) is 5.44. The van der Waals surface area contributed by atoms with Gasteiger partial charge in [0.2, 0.25) is 0 Å². The monoisotopic (exact) mass is 314 g/mol. The SMILES string of the molecule is CC(C)(C)OC(=O)N[C@H](C(=O)[O-])[C@H](O)c1ccc(Cl)cc1. The van der Waals surface area contributed by atoms with Crippen molar-refractivity contribution < 1.29 is 24.5 Å². The van der Waals surface area contributed by atoms with Crippen molar-refractivity contribution in [2.24, 2.45) is 0 Å². The number of ether oxygens (including phenoxy) is 1. The van der Waals surface area contributed by atoms with Crippen molar-refractivity contribution in [1.29, 1.82) is 0 Å². The number of carboxylic acid groups (broad SMARTS) is 1. The number of aliphatic hydroxyl groups is 1. The van der Waals surface area contributed by atoms with Gasteiger partial charge < -0.3 is 25.1 Å². The predicted octanol–water partition coefficient (Wildman–Crippen LogP) is 1.02. The van der Waals surface area contributed by atoms with E-state index < -0.39 is 29.8 Å². The van der Waals surface area contributed by atoms with Crippen LogP contribution in [-0.4, -0.2) is 28.8 Å². The topological polar surface area (TPSA) is 98.7 Å². The highest BCUT2D eigenvalue weighted by Gasteiger charge is 2.26. The molecule has 0 heterocycles. The minimum atomic E-state index is -1.64. The lowest BCUT2D eigenvalue weighted by molar-refractivity contribution is -0.310. The number of rotatable bonds is 4. The average molecular weight is 315 g/mol. The summed E-state index contributed by atoms with van der Waals surface area (Å²) in [5, 5.41) is 23.7. The van der Waals surface area contributed by atoms with E-state index in [9.17, 15) is 19.8 Å². The molecule has 0 saturated heterocycles. The molecule has 0 fully saturated rings. The van der Waals surface area contributed by atoms with E-state index in [0.717, 1.165) is 0 Å². The van der Waals surface area contributed by atoms with E-state index in [4.69, 9.17) is 16.3 Å². The number of carbonyl (C=O) groups is 2. The number of hydrogen-bond acceptors (Lipinski definition) is 5. The quantitative estimate of drug-likeness (QED) is 0.864. The summed E-state index contributed by atoms with van der Waals surface area (Å²) in [6.45, 7) is 4.91. The van der Waals surface area contributed by atoms with Crippen molar-refractivity contribution in [2.45, 2.75) is 38.5 Å². The van der Waals surface area contributed by atoms with Crippen LogP contribution in [0.5, 0.6) is 0 Å². The van der Waals surface area contributed by atoms with Gasteiger partial charge in [0.25, 0.3) is 0 Å². The molecule has 6 nitrogen and oxygen atoms in total. The smallest absolute Gasteiger partial charge is 0.408 e. The van der Waals surface area contributed by atoms with Gasteiger partial charge in [-0.1, -0.05) is 23.7 Å². The number of aliphatic carboxylic acids is 1. The van der Waals surface area contributed by atoms with Gasteiger partial charge >= 0.3 is 6.09 Å². The zero-order valence-corrected chi connectivity index (χ0v) is 12.7. The molecule has 1 aromatic rings. The molecule has 7 heteroatoms. The Labute approximate surface area is 127 Å². The van der Waals surface area contributed by atoms with Gasteiger partial charge in [-0.2, -0.15) is 0 Å². The third-order valence-electron chi connectivity index (χ3n) is 2.45. The molecule has 0 aliphatic heterocycles. The van der Waals surface area contributed by atoms with Crippen molar-refractivity contribution in [2.75, 3.05) is 0 Å². The third kappa shape index (κ3) is 5.61. The summed E-state index contributed by atoms with van der Waals surface area (Å²) in [6, 6.07) is 4.28. The van der Waals surface area contributed by atoms with Gasteiger partial charge in [-0.05, 0) is 38.5 Å². The van der Waals surface area contributed by atoms with E-state index in [-0.39, 0.29) is 5.56 Å². The molecule has 0 aliphatic carbocycles. The summed E-state index contributed by atoms with van der Waals surface area (Å²) in [7, 11) is 0. The molecule has 21 heavy (non-hydrogen) atoms. The third-order valence-corrected chi connectivity index (χ3v) is 2.71. The molecule has 0 saturated carbocycles. The lowest BCUT2D eigenvalue weighted by Gasteiger charge is -2.27. The Morgan fingerprint density at radius 1 is 1.29 bits per heavy atom. The van der Waals surface area contributed by atoms with Crippen LogP contribution in [0.4, 0.5) is 4.79 Å². The second-order valence-corrected chi connectivity index (χ2v) is 5.88. The number of alkyl carbamates (subject to hydrolysis) is 1. The van der Waals surface area contributed by atoms with Crippen molar-refractivity contribution in [3.63, 3.8) is 0 Å². The fourth-order valence-corrected chi connectivity index (χ4v) is 1.68. The molecule has 0 aliphatic rings. The fourth-order valence-electron chi connectivity index (χ4n) is 1.55. The first kappa shape index (κ1) is 17.3. The van der Waals surface area contributed by atoms with Gasteiger partial charge in [-0.15, -0.1) is 0 Å². The van der Waals surface area contributed by atoms with Crippen LogP contribution in [0, 0.1) is 0 Å². The summed E-state index contributed by atoms with van der Waals surface area (Å²) in [6.07, 6.45) is -2.44. The van der Waals surface area contributed by atoms with Crippen LogP contribution in [0.1, 0.15) is 32.4 Å². The highest BCUT2D eigenvalue weighted by molar-refractivity contribution is 6.30. The van der Waals surface area contributed by atoms with Crippen molar-refractivity contribution in [1.82, 2.24) is 5.32 Å². The number of aliphatic hydroxyl groups excluding tert-OH is 1. The van der Waals surface area contributed by atoms with Gasteiger partial charge in [0.15, 0.2) is 0 Å². The number of amides is 1. The molecule has 1 amide bonds. The standard InChI is InChI=1S/C14H18ClNO5/c1-14(2,3)21-13(20)16-10(12(18)19)11(17)8-4-6-9(15)7-5-8/h4-7,10-11,17H,1-3H3,(H,16,20)(H,18,19)/p-1/t10-,11+/m0/s1. The summed E-state index contributed by atoms with van der Waals surface area (Å²) in [5.74, 6) is -1.62. The Bertz CT molecular complexity index is 509. The maximum Gasteiger partial charge on any atom is 0.408 e. The molecular formula is C14H17ClNO5-. The first-order valence-electron chi connectivity index (χ1n) is 6.24. The molecule has 1 rings (SSSR count). The molecule has 0 aromatic heterocycles. The molecule has 0 spiro atoms. The molecule has 1 aromatic carbocycles. The number of nitrogens with one attached hydrogen (secondary N) is 1. The number of carboxylic acids is 1. The van der Waals surface area contributed by atoms with Gasteiger partial charge in [-0.3, -0.25) is 0 Å². The number of carbonyl (C=O) groups excluding carboxylic acids is 2. The number of hydrogen-bond donors (Lipinski definition) is 2. The summed E-state index contributed by atoms with van der Waals surface area (Å²) < 4.78 is 4.95. The highest BCUT2D eigenvalue weighted by atomic mass is 35.5. The highest BCUT2D eigenvalue weighted by Crippen LogP contribution is 2.19. The minimum absolute atomic E-state index is 0.282. The van der Waals surface area contributed by atoms with Gasteiger partial charge in [0.1, 0.15) is 17.7 Å². The summed E-state index contributed by atoms with van der Waals surface area (Å²) in [4.78, 5) is 22.7. The first-order chi connectivity index (χ1) is 9.60. The fraction of sp³-hybridized carbons (Fsp3) is 0.429.